The van der Waals surface area contributed by atoms with E-state index in [0.29, 0.717) is 5.89 Å². The first-order valence-corrected chi connectivity index (χ1v) is 19.2. The molecule has 0 fully saturated rings. The standard InChI is InChI=1S/C53H34N2O2/c1-3-12-35(13-4-1)40-18-9-19-43(32-40)55(41-28-24-37(25-29-41)45-21-10-17-36-14-7-8-20-44(36)45)42-30-26-38(27-31-42)46-22-11-23-49-52(46)47-33-51-48(34-50(47)56-49)54-53(57-51)39-15-5-2-6-16-39/h1-34H. The molecule has 2 heterocycles. The van der Waals surface area contributed by atoms with Crippen LogP contribution in [0.15, 0.2) is 215 Å². The molecule has 0 saturated carbocycles. The van der Waals surface area contributed by atoms with Gasteiger partial charge in [-0.25, -0.2) is 4.98 Å². The largest absolute Gasteiger partial charge is 0.456 e. The van der Waals surface area contributed by atoms with Crippen molar-refractivity contribution in [2.24, 2.45) is 0 Å². The summed E-state index contributed by atoms with van der Waals surface area (Å²) in [6, 6.07) is 72.5. The zero-order valence-corrected chi connectivity index (χ0v) is 30.8. The van der Waals surface area contributed by atoms with Gasteiger partial charge in [0.05, 0.1) is 0 Å². The summed E-state index contributed by atoms with van der Waals surface area (Å²) in [6.07, 6.45) is 0. The molecule has 0 spiro atoms. The number of furan rings is 1. The minimum Gasteiger partial charge on any atom is -0.456 e. The topological polar surface area (TPSA) is 42.4 Å². The Morgan fingerprint density at radius 1 is 0.351 bits per heavy atom. The second-order valence-corrected chi connectivity index (χ2v) is 14.4. The van der Waals surface area contributed by atoms with E-state index in [-0.39, 0.29) is 0 Å². The van der Waals surface area contributed by atoms with Gasteiger partial charge in [-0.1, -0.05) is 140 Å². The zero-order valence-electron chi connectivity index (χ0n) is 30.8. The average molecular weight is 731 g/mol. The Morgan fingerprint density at radius 2 is 0.965 bits per heavy atom. The number of rotatable bonds is 7. The fourth-order valence-electron chi connectivity index (χ4n) is 8.15. The molecule has 0 unspecified atom stereocenters. The molecular formula is C53H34N2O2. The minimum atomic E-state index is 0.598. The molecule has 57 heavy (non-hydrogen) atoms. The van der Waals surface area contributed by atoms with Crippen LogP contribution in [0.5, 0.6) is 0 Å². The van der Waals surface area contributed by atoms with Gasteiger partial charge in [-0.3, -0.25) is 0 Å². The molecule has 0 aliphatic carbocycles. The van der Waals surface area contributed by atoms with Crippen LogP contribution in [0.2, 0.25) is 0 Å². The SMILES string of the molecule is c1ccc(-c2cccc(N(c3ccc(-c4cccc5ccccc45)cc3)c3ccc(-c4cccc5oc6cc7nc(-c8ccccc8)oc7cc6c45)cc3)c2)cc1. The number of hydrogen-bond acceptors (Lipinski definition) is 4. The summed E-state index contributed by atoms with van der Waals surface area (Å²) in [5, 5.41) is 4.54. The number of benzene rings is 9. The van der Waals surface area contributed by atoms with E-state index in [0.717, 1.165) is 72.4 Å². The maximum Gasteiger partial charge on any atom is 0.227 e. The van der Waals surface area contributed by atoms with Gasteiger partial charge in [0.1, 0.15) is 16.7 Å². The van der Waals surface area contributed by atoms with Crippen LogP contribution in [0.25, 0.3) is 88.6 Å². The van der Waals surface area contributed by atoms with Crippen LogP contribution in [0, 0.1) is 0 Å². The van der Waals surface area contributed by atoms with Gasteiger partial charge < -0.3 is 13.7 Å². The third kappa shape index (κ3) is 5.83. The lowest BCUT2D eigenvalue weighted by molar-refractivity contribution is 0.620. The first-order chi connectivity index (χ1) is 28.2. The minimum absolute atomic E-state index is 0.598. The van der Waals surface area contributed by atoms with Crippen molar-refractivity contribution < 1.29 is 8.83 Å². The van der Waals surface area contributed by atoms with Crippen molar-refractivity contribution in [1.29, 1.82) is 0 Å². The van der Waals surface area contributed by atoms with Crippen molar-refractivity contribution in [3.8, 4) is 44.8 Å². The molecule has 268 valence electrons. The van der Waals surface area contributed by atoms with Gasteiger partial charge in [0.15, 0.2) is 5.58 Å². The van der Waals surface area contributed by atoms with Crippen molar-refractivity contribution in [3.63, 3.8) is 0 Å². The van der Waals surface area contributed by atoms with Crippen molar-refractivity contribution in [2.75, 3.05) is 4.90 Å². The van der Waals surface area contributed by atoms with E-state index in [2.05, 4.69) is 169 Å². The normalized spacial score (nSPS) is 11.5. The average Bonchev–Trinajstić information content (AvgIpc) is 3.87. The quantitative estimate of drug-likeness (QED) is 0.164. The molecule has 0 aliphatic heterocycles. The summed E-state index contributed by atoms with van der Waals surface area (Å²) in [7, 11) is 0. The molecule has 2 aromatic heterocycles. The Labute approximate surface area is 329 Å². The second kappa shape index (κ2) is 13.6. The van der Waals surface area contributed by atoms with E-state index >= 15 is 0 Å². The molecule has 0 aliphatic rings. The monoisotopic (exact) mass is 730 g/mol. The maximum atomic E-state index is 6.44. The van der Waals surface area contributed by atoms with Gasteiger partial charge in [-0.05, 0) is 105 Å². The highest BCUT2D eigenvalue weighted by Gasteiger charge is 2.19. The summed E-state index contributed by atoms with van der Waals surface area (Å²) in [4.78, 5) is 7.12. The fraction of sp³-hybridized carbons (Fsp3) is 0. The summed E-state index contributed by atoms with van der Waals surface area (Å²) in [5.74, 6) is 0.598. The number of anilines is 3. The van der Waals surface area contributed by atoms with Gasteiger partial charge in [0.25, 0.3) is 0 Å². The Kier molecular flexibility index (Phi) is 7.78. The number of aromatic nitrogens is 1. The molecule has 4 heteroatoms. The molecule has 9 aromatic carbocycles. The first kappa shape index (κ1) is 32.7. The molecule has 0 atom stereocenters. The molecule has 0 radical (unpaired) electrons. The van der Waals surface area contributed by atoms with E-state index in [4.69, 9.17) is 13.8 Å². The highest BCUT2D eigenvalue weighted by Crippen LogP contribution is 2.42. The Balaban J connectivity index is 1.00. The van der Waals surface area contributed by atoms with Crippen molar-refractivity contribution in [1.82, 2.24) is 4.98 Å². The molecule has 0 N–H and O–H groups in total. The van der Waals surface area contributed by atoms with E-state index in [1.54, 1.807) is 0 Å². The molecule has 0 saturated heterocycles. The molecule has 11 rings (SSSR count). The number of hydrogen-bond donors (Lipinski definition) is 0. The molecular weight excluding hydrogens is 697 g/mol. The van der Waals surface area contributed by atoms with Gasteiger partial charge >= 0.3 is 0 Å². The maximum absolute atomic E-state index is 6.44. The predicted molar refractivity (Wildman–Crippen MR) is 235 cm³/mol. The number of fused-ring (bicyclic) bond motifs is 5. The molecule has 0 bridgehead atoms. The van der Waals surface area contributed by atoms with Crippen molar-refractivity contribution in [2.45, 2.75) is 0 Å². The second-order valence-electron chi connectivity index (χ2n) is 14.4. The van der Waals surface area contributed by atoms with E-state index in [1.807, 2.05) is 42.5 Å². The van der Waals surface area contributed by atoms with Gasteiger partial charge in [-0.2, -0.15) is 0 Å². The van der Waals surface area contributed by atoms with E-state index in [1.165, 1.54) is 27.5 Å². The Hall–Kier alpha value is -7.69. The number of oxazole rings is 1. The van der Waals surface area contributed by atoms with Gasteiger partial charge in [-0.15, -0.1) is 0 Å². The summed E-state index contributed by atoms with van der Waals surface area (Å²) >= 11 is 0. The summed E-state index contributed by atoms with van der Waals surface area (Å²) < 4.78 is 12.7. The Morgan fingerprint density at radius 3 is 1.74 bits per heavy atom. The van der Waals surface area contributed by atoms with Crippen LogP contribution in [0.1, 0.15) is 0 Å². The summed E-state index contributed by atoms with van der Waals surface area (Å²) in [6.45, 7) is 0. The first-order valence-electron chi connectivity index (χ1n) is 19.2. The van der Waals surface area contributed by atoms with Crippen LogP contribution in [-0.2, 0) is 0 Å². The highest BCUT2D eigenvalue weighted by molar-refractivity contribution is 6.15. The van der Waals surface area contributed by atoms with Crippen LogP contribution in [0.3, 0.4) is 0 Å². The lowest BCUT2D eigenvalue weighted by Gasteiger charge is -2.26. The lowest BCUT2D eigenvalue weighted by atomic mass is 9.97. The highest BCUT2D eigenvalue weighted by atomic mass is 16.4. The Bertz CT molecular complexity index is 3210. The zero-order chi connectivity index (χ0) is 37.7. The molecule has 11 aromatic rings. The van der Waals surface area contributed by atoms with E-state index in [9.17, 15) is 0 Å². The molecule has 4 nitrogen and oxygen atoms in total. The number of nitrogens with zero attached hydrogens (tertiary/aromatic N) is 2. The predicted octanol–water partition coefficient (Wildman–Crippen LogP) is 15.0. The smallest absolute Gasteiger partial charge is 0.227 e. The fourth-order valence-corrected chi connectivity index (χ4v) is 8.15. The molecule has 0 amide bonds. The van der Waals surface area contributed by atoms with Crippen molar-refractivity contribution >= 4 is 60.9 Å². The van der Waals surface area contributed by atoms with E-state index < -0.39 is 0 Å². The van der Waals surface area contributed by atoms with Crippen LogP contribution < -0.4 is 4.90 Å². The van der Waals surface area contributed by atoms with Gasteiger partial charge in [0.2, 0.25) is 5.89 Å². The lowest BCUT2D eigenvalue weighted by Crippen LogP contribution is -2.10. The van der Waals surface area contributed by atoms with Crippen LogP contribution in [0.4, 0.5) is 17.1 Å². The van der Waals surface area contributed by atoms with Crippen molar-refractivity contribution in [3.05, 3.63) is 206 Å². The van der Waals surface area contributed by atoms with Crippen LogP contribution in [-0.4, -0.2) is 4.98 Å². The van der Waals surface area contributed by atoms with Gasteiger partial charge in [0, 0.05) is 39.5 Å². The van der Waals surface area contributed by atoms with Crippen LogP contribution >= 0.6 is 0 Å². The third-order valence-corrected chi connectivity index (χ3v) is 10.9. The third-order valence-electron chi connectivity index (χ3n) is 10.9. The summed E-state index contributed by atoms with van der Waals surface area (Å²) in [5.41, 5.74) is 14.2.